The molecule has 1 nitrogen and oxygen atoms in total. The summed E-state index contributed by atoms with van der Waals surface area (Å²) >= 11 is 0. The molecule has 1 aliphatic rings. The van der Waals surface area contributed by atoms with Gasteiger partial charge in [0.05, 0.1) is 20.1 Å². The molecule has 0 aromatic heterocycles. The van der Waals surface area contributed by atoms with E-state index in [1.54, 1.807) is 10.5 Å². The van der Waals surface area contributed by atoms with E-state index in [0.29, 0.717) is 0 Å². The predicted molar refractivity (Wildman–Crippen MR) is 72.7 cm³/mol. The molecule has 100 valence electrons. The third kappa shape index (κ3) is 4.81. The first-order chi connectivity index (χ1) is 8.36. The van der Waals surface area contributed by atoms with Crippen molar-refractivity contribution in [2.45, 2.75) is 18.8 Å². The number of rotatable bonds is 1. The number of hydrogen-bond donors (Lipinski definition) is 1. The topological polar surface area (TPSA) is 4.44 Å². The quantitative estimate of drug-likeness (QED) is 0.605. The van der Waals surface area contributed by atoms with Gasteiger partial charge in [-0.1, -0.05) is 5.92 Å². The Bertz CT molecular complexity index is 352. The van der Waals surface area contributed by atoms with Crippen LogP contribution in [-0.2, 0) is 17.1 Å². The van der Waals surface area contributed by atoms with Crippen LogP contribution >= 0.6 is 0 Å². The van der Waals surface area contributed by atoms with Crippen LogP contribution in [0.4, 0.5) is 0 Å². The summed E-state index contributed by atoms with van der Waals surface area (Å²) in [5.41, 5.74) is 1.56. The molecule has 3 rings (SSSR count). The maximum Gasteiger partial charge on any atom is 0.0764 e. The molecule has 2 aromatic rings. The smallest absolute Gasteiger partial charge is 0.0764 e. The average Bonchev–Trinajstić information content (AvgIpc) is 3.06. The van der Waals surface area contributed by atoms with Gasteiger partial charge in [-0.3, -0.25) is 0 Å². The maximum atomic E-state index is 2.29. The van der Waals surface area contributed by atoms with Gasteiger partial charge in [0.1, 0.15) is 0 Å². The van der Waals surface area contributed by atoms with Crippen LogP contribution in [0.2, 0.25) is 0 Å². The van der Waals surface area contributed by atoms with Crippen LogP contribution in [0.25, 0.3) is 0 Å². The molecular weight excluding hydrogens is 262 g/mol. The first-order valence-corrected chi connectivity index (χ1v) is 6.56. The zero-order valence-corrected chi connectivity index (χ0v) is 12.1. The molecule has 1 heterocycles. The summed E-state index contributed by atoms with van der Waals surface area (Å²) in [6, 6.07) is 18.8. The second-order valence-electron chi connectivity index (χ2n) is 4.91. The molecule has 0 saturated carbocycles. The van der Waals surface area contributed by atoms with Crippen molar-refractivity contribution in [3.63, 3.8) is 0 Å². The van der Waals surface area contributed by atoms with Gasteiger partial charge < -0.3 is 4.90 Å². The van der Waals surface area contributed by atoms with E-state index >= 15 is 0 Å². The summed E-state index contributed by atoms with van der Waals surface area (Å²) in [4.78, 5) is 1.69. The third-order valence-corrected chi connectivity index (χ3v) is 3.55. The van der Waals surface area contributed by atoms with Gasteiger partial charge in [-0.05, 0) is 12.8 Å². The van der Waals surface area contributed by atoms with Gasteiger partial charge in [0.2, 0.25) is 0 Å². The summed E-state index contributed by atoms with van der Waals surface area (Å²) in [6.07, 6.45) is 2.74. The Balaban J connectivity index is 0.000000230. The van der Waals surface area contributed by atoms with Gasteiger partial charge >= 0.3 is 0 Å². The van der Waals surface area contributed by atoms with Crippen LogP contribution in [-0.4, -0.2) is 20.1 Å². The second kappa shape index (κ2) is 8.31. The molecule has 1 aliphatic heterocycles. The van der Waals surface area contributed by atoms with Gasteiger partial charge in [-0.15, -0.1) is 0 Å². The zero-order chi connectivity index (χ0) is 11.9. The molecule has 1 fully saturated rings. The molecule has 2 heteroatoms. The molecule has 1 N–H and O–H groups in total. The maximum absolute atomic E-state index is 2.29. The Morgan fingerprint density at radius 2 is 1.56 bits per heavy atom. The summed E-state index contributed by atoms with van der Waals surface area (Å²) in [5.74, 6) is 0.851. The van der Waals surface area contributed by atoms with Crippen LogP contribution in [0.15, 0.2) is 54.6 Å². The molecule has 0 aliphatic carbocycles. The molecule has 0 radical (unpaired) electrons. The fourth-order valence-corrected chi connectivity index (χ4v) is 2.43. The standard InChI is InChI=1S/C11H16N.C5H5.Fe/c1-12-8-6-11(7-9-12)10-4-2-3-5-10;1-2-4-5-3-1;/h2-5,11H,6-9H2,1H3;1-5H;/q2*-1;/p+1. The van der Waals surface area contributed by atoms with Crippen molar-refractivity contribution >= 4 is 0 Å². The van der Waals surface area contributed by atoms with E-state index in [1.165, 1.54) is 25.9 Å². The average molecular weight is 284 g/mol. The van der Waals surface area contributed by atoms with Crippen LogP contribution in [0.1, 0.15) is 24.3 Å². The summed E-state index contributed by atoms with van der Waals surface area (Å²) in [7, 11) is 2.29. The van der Waals surface area contributed by atoms with E-state index < -0.39 is 0 Å². The third-order valence-electron chi connectivity index (χ3n) is 3.55. The first-order valence-electron chi connectivity index (χ1n) is 6.56. The molecule has 0 atom stereocenters. The van der Waals surface area contributed by atoms with Gasteiger partial charge in [0.25, 0.3) is 0 Å². The Hall–Kier alpha value is -0.821. The number of nitrogens with one attached hydrogen (secondary N) is 1. The van der Waals surface area contributed by atoms with Crippen LogP contribution in [0.5, 0.6) is 0 Å². The van der Waals surface area contributed by atoms with Crippen molar-refractivity contribution in [2.75, 3.05) is 20.1 Å². The minimum atomic E-state index is 0. The number of quaternary nitrogens is 1. The molecule has 18 heavy (non-hydrogen) atoms. The van der Waals surface area contributed by atoms with Crippen LogP contribution < -0.4 is 4.90 Å². The minimum Gasteiger partial charge on any atom is -0.337 e. The predicted octanol–water partition coefficient (Wildman–Crippen LogP) is 2.20. The van der Waals surface area contributed by atoms with Crippen molar-refractivity contribution in [1.29, 1.82) is 0 Å². The van der Waals surface area contributed by atoms with Crippen molar-refractivity contribution < 1.29 is 22.0 Å². The van der Waals surface area contributed by atoms with Crippen molar-refractivity contribution in [3.05, 3.63) is 60.2 Å². The zero-order valence-electron chi connectivity index (χ0n) is 11.0. The van der Waals surface area contributed by atoms with E-state index in [1.807, 2.05) is 30.3 Å². The Morgan fingerprint density at radius 3 is 2.00 bits per heavy atom. The molecule has 0 unspecified atom stereocenters. The minimum absolute atomic E-state index is 0. The van der Waals surface area contributed by atoms with Crippen LogP contribution in [0, 0.1) is 0 Å². The molecule has 1 saturated heterocycles. The second-order valence-corrected chi connectivity index (χ2v) is 4.91. The number of likely N-dealkylation sites (tertiary alicyclic amines) is 1. The summed E-state index contributed by atoms with van der Waals surface area (Å²) in [6.45, 7) is 2.69. The normalized spacial score (nSPS) is 22.5. The van der Waals surface area contributed by atoms with E-state index in [2.05, 4.69) is 31.3 Å². The SMILES string of the molecule is C[NH+]1CCC([c-]2cccc2)CC1.[Fe].c1cc[cH-]c1. The van der Waals surface area contributed by atoms with Gasteiger partial charge in [-0.25, -0.2) is 24.3 Å². The van der Waals surface area contributed by atoms with Gasteiger partial charge in [0.15, 0.2) is 0 Å². The first kappa shape index (κ1) is 15.2. The van der Waals surface area contributed by atoms with Crippen LogP contribution in [0.3, 0.4) is 0 Å². The molecular formula is C16H22FeN-. The Morgan fingerprint density at radius 1 is 1.00 bits per heavy atom. The largest absolute Gasteiger partial charge is 0.337 e. The Kier molecular flexibility index (Phi) is 7.04. The van der Waals surface area contributed by atoms with E-state index in [4.69, 9.17) is 0 Å². The summed E-state index contributed by atoms with van der Waals surface area (Å²) in [5, 5.41) is 0. The molecule has 0 spiro atoms. The molecule has 0 amide bonds. The monoisotopic (exact) mass is 284 g/mol. The van der Waals surface area contributed by atoms with E-state index in [9.17, 15) is 0 Å². The number of hydrogen-bond acceptors (Lipinski definition) is 0. The van der Waals surface area contributed by atoms with Gasteiger partial charge in [0, 0.05) is 17.1 Å². The fourth-order valence-electron chi connectivity index (χ4n) is 2.43. The van der Waals surface area contributed by atoms with Crippen molar-refractivity contribution in [2.24, 2.45) is 0 Å². The van der Waals surface area contributed by atoms with Crippen molar-refractivity contribution in [1.82, 2.24) is 0 Å². The fraction of sp³-hybridized carbons (Fsp3) is 0.375. The molecule has 2 aromatic carbocycles. The van der Waals surface area contributed by atoms with Gasteiger partial charge in [-0.2, -0.15) is 35.9 Å². The molecule has 0 bridgehead atoms. The Labute approximate surface area is 121 Å². The number of piperidine rings is 1. The van der Waals surface area contributed by atoms with E-state index in [-0.39, 0.29) is 17.1 Å². The van der Waals surface area contributed by atoms with E-state index in [0.717, 1.165) is 5.92 Å². The van der Waals surface area contributed by atoms with Crippen molar-refractivity contribution in [3.8, 4) is 0 Å². The summed E-state index contributed by atoms with van der Waals surface area (Å²) < 4.78 is 0.